The van der Waals surface area contributed by atoms with Gasteiger partial charge in [-0.05, 0) is 30.9 Å². The van der Waals surface area contributed by atoms with Crippen molar-refractivity contribution < 1.29 is 4.74 Å². The molecule has 0 amide bonds. The van der Waals surface area contributed by atoms with Crippen molar-refractivity contribution >= 4 is 15.9 Å². The lowest BCUT2D eigenvalue weighted by atomic mass is 10.2. The molecule has 1 aliphatic carbocycles. The summed E-state index contributed by atoms with van der Waals surface area (Å²) in [7, 11) is 0. The van der Waals surface area contributed by atoms with E-state index in [9.17, 15) is 0 Å². The molecule has 0 aromatic heterocycles. The van der Waals surface area contributed by atoms with Crippen LogP contribution in [0.4, 0.5) is 0 Å². The number of ether oxygens (including phenoxy) is 1. The first kappa shape index (κ1) is 14.0. The van der Waals surface area contributed by atoms with Gasteiger partial charge in [-0.15, -0.1) is 0 Å². The molecule has 0 heterocycles. The van der Waals surface area contributed by atoms with Gasteiger partial charge < -0.3 is 10.1 Å². The van der Waals surface area contributed by atoms with Crippen molar-refractivity contribution in [1.82, 2.24) is 5.32 Å². The third-order valence-corrected chi connectivity index (χ3v) is 4.03. The lowest BCUT2D eigenvalue weighted by Crippen LogP contribution is -2.30. The lowest BCUT2D eigenvalue weighted by Gasteiger charge is -2.18. The van der Waals surface area contributed by atoms with Crippen LogP contribution in [0.15, 0.2) is 28.7 Å². The number of hydrogen-bond acceptors (Lipinski definition) is 2. The molecule has 1 saturated carbocycles. The molecule has 1 unspecified atom stereocenters. The van der Waals surface area contributed by atoms with Crippen LogP contribution in [-0.2, 0) is 11.3 Å². The average molecular weight is 312 g/mol. The minimum atomic E-state index is 0.336. The van der Waals surface area contributed by atoms with E-state index in [1.165, 1.54) is 24.8 Å². The van der Waals surface area contributed by atoms with Gasteiger partial charge in [-0.3, -0.25) is 0 Å². The Morgan fingerprint density at radius 2 is 2.17 bits per heavy atom. The van der Waals surface area contributed by atoms with Crippen LogP contribution in [0.5, 0.6) is 0 Å². The highest BCUT2D eigenvalue weighted by atomic mass is 79.9. The zero-order chi connectivity index (χ0) is 12.8. The predicted molar refractivity (Wildman–Crippen MR) is 78.7 cm³/mol. The van der Waals surface area contributed by atoms with Gasteiger partial charge in [0.05, 0.1) is 12.7 Å². The van der Waals surface area contributed by atoms with Crippen LogP contribution in [-0.4, -0.2) is 18.7 Å². The van der Waals surface area contributed by atoms with Crippen molar-refractivity contribution in [1.29, 1.82) is 0 Å². The summed E-state index contributed by atoms with van der Waals surface area (Å²) in [6.45, 7) is 3.90. The number of hydrogen-bond donors (Lipinski definition) is 1. The molecule has 18 heavy (non-hydrogen) atoms. The van der Waals surface area contributed by atoms with E-state index in [4.69, 9.17) is 4.74 Å². The molecular weight excluding hydrogens is 290 g/mol. The normalized spacial score (nSPS) is 16.8. The third kappa shape index (κ3) is 4.71. The minimum absolute atomic E-state index is 0.336. The second kappa shape index (κ2) is 7.27. The zero-order valence-corrected chi connectivity index (χ0v) is 12.6. The van der Waals surface area contributed by atoms with Crippen molar-refractivity contribution in [3.8, 4) is 0 Å². The molecule has 1 atom stereocenters. The SMILES string of the molecule is CCCC(CNC1CC1)OCc1ccccc1Br. The molecule has 1 fully saturated rings. The number of halogens is 1. The Morgan fingerprint density at radius 1 is 1.39 bits per heavy atom. The minimum Gasteiger partial charge on any atom is -0.372 e. The van der Waals surface area contributed by atoms with Crippen molar-refractivity contribution in [2.75, 3.05) is 6.54 Å². The summed E-state index contributed by atoms with van der Waals surface area (Å²) in [6.07, 6.45) is 5.31. The maximum atomic E-state index is 6.04. The van der Waals surface area contributed by atoms with E-state index in [0.717, 1.165) is 23.5 Å². The summed E-state index contributed by atoms with van der Waals surface area (Å²) in [5.74, 6) is 0. The van der Waals surface area contributed by atoms with Gasteiger partial charge in [0.2, 0.25) is 0 Å². The second-order valence-corrected chi connectivity index (χ2v) is 5.85. The summed E-state index contributed by atoms with van der Waals surface area (Å²) < 4.78 is 7.17. The highest BCUT2D eigenvalue weighted by molar-refractivity contribution is 9.10. The molecule has 2 nitrogen and oxygen atoms in total. The molecule has 1 aromatic rings. The van der Waals surface area contributed by atoms with Gasteiger partial charge in [-0.25, -0.2) is 0 Å². The summed E-state index contributed by atoms with van der Waals surface area (Å²) >= 11 is 3.56. The third-order valence-electron chi connectivity index (χ3n) is 3.25. The molecule has 0 bridgehead atoms. The fourth-order valence-corrected chi connectivity index (χ4v) is 2.37. The van der Waals surface area contributed by atoms with Crippen molar-refractivity contribution in [2.24, 2.45) is 0 Å². The molecule has 0 spiro atoms. The monoisotopic (exact) mass is 311 g/mol. The topological polar surface area (TPSA) is 21.3 Å². The number of rotatable bonds is 8. The van der Waals surface area contributed by atoms with Gasteiger partial charge in [-0.2, -0.15) is 0 Å². The summed E-state index contributed by atoms with van der Waals surface area (Å²) in [5, 5.41) is 3.56. The van der Waals surface area contributed by atoms with Crippen LogP contribution in [0.3, 0.4) is 0 Å². The molecule has 0 radical (unpaired) electrons. The molecule has 0 saturated heterocycles. The van der Waals surface area contributed by atoms with Crippen molar-refractivity contribution in [3.05, 3.63) is 34.3 Å². The Hall–Kier alpha value is -0.380. The standard InChI is InChI=1S/C15H22BrNO/c1-2-5-14(10-17-13-8-9-13)18-11-12-6-3-4-7-15(12)16/h3-4,6-7,13-14,17H,2,5,8-11H2,1H3. The Kier molecular flexibility index (Phi) is 5.67. The van der Waals surface area contributed by atoms with Crippen LogP contribution in [0, 0.1) is 0 Å². The average Bonchev–Trinajstić information content (AvgIpc) is 3.18. The Morgan fingerprint density at radius 3 is 2.83 bits per heavy atom. The van der Waals surface area contributed by atoms with Crippen LogP contribution >= 0.6 is 15.9 Å². The van der Waals surface area contributed by atoms with E-state index < -0.39 is 0 Å². The van der Waals surface area contributed by atoms with Gasteiger partial charge >= 0.3 is 0 Å². The van der Waals surface area contributed by atoms with Gasteiger partial charge in [-0.1, -0.05) is 47.5 Å². The van der Waals surface area contributed by atoms with E-state index in [0.29, 0.717) is 12.7 Å². The van der Waals surface area contributed by atoms with Gasteiger partial charge in [0.25, 0.3) is 0 Å². The Bertz CT molecular complexity index is 365. The summed E-state index contributed by atoms with van der Waals surface area (Å²) in [5.41, 5.74) is 1.23. The Labute approximate surface area is 118 Å². The van der Waals surface area contributed by atoms with Crippen molar-refractivity contribution in [2.45, 2.75) is 51.4 Å². The largest absolute Gasteiger partial charge is 0.372 e. The molecule has 3 heteroatoms. The van der Waals surface area contributed by atoms with Crippen LogP contribution in [0.25, 0.3) is 0 Å². The maximum Gasteiger partial charge on any atom is 0.0732 e. The highest BCUT2D eigenvalue weighted by Crippen LogP contribution is 2.20. The lowest BCUT2D eigenvalue weighted by molar-refractivity contribution is 0.0343. The summed E-state index contributed by atoms with van der Waals surface area (Å²) in [6, 6.07) is 9.03. The number of nitrogens with one attached hydrogen (secondary N) is 1. The first-order chi connectivity index (χ1) is 8.79. The highest BCUT2D eigenvalue weighted by Gasteiger charge is 2.21. The molecule has 0 aliphatic heterocycles. The summed E-state index contributed by atoms with van der Waals surface area (Å²) in [4.78, 5) is 0. The quantitative estimate of drug-likeness (QED) is 0.786. The van der Waals surface area contributed by atoms with Crippen LogP contribution in [0.2, 0.25) is 0 Å². The van der Waals surface area contributed by atoms with E-state index in [-0.39, 0.29) is 0 Å². The van der Waals surface area contributed by atoms with E-state index in [1.54, 1.807) is 0 Å². The van der Waals surface area contributed by atoms with E-state index in [2.05, 4.69) is 46.4 Å². The second-order valence-electron chi connectivity index (χ2n) is 5.00. The van der Waals surface area contributed by atoms with Gasteiger partial charge in [0, 0.05) is 17.1 Å². The molecular formula is C15H22BrNO. The molecule has 1 N–H and O–H groups in total. The van der Waals surface area contributed by atoms with Crippen LogP contribution < -0.4 is 5.32 Å². The molecule has 1 aliphatic rings. The van der Waals surface area contributed by atoms with Crippen molar-refractivity contribution in [3.63, 3.8) is 0 Å². The number of benzene rings is 1. The first-order valence-corrected chi connectivity index (χ1v) is 7.67. The van der Waals surface area contributed by atoms with E-state index >= 15 is 0 Å². The fourth-order valence-electron chi connectivity index (χ4n) is 1.97. The zero-order valence-electron chi connectivity index (χ0n) is 11.0. The smallest absolute Gasteiger partial charge is 0.0732 e. The predicted octanol–water partition coefficient (Wildman–Crippen LogP) is 3.89. The van der Waals surface area contributed by atoms with Crippen LogP contribution in [0.1, 0.15) is 38.2 Å². The first-order valence-electron chi connectivity index (χ1n) is 6.88. The molecule has 1 aromatic carbocycles. The van der Waals surface area contributed by atoms with E-state index in [1.807, 2.05) is 6.07 Å². The maximum absolute atomic E-state index is 6.04. The Balaban J connectivity index is 1.78. The molecule has 100 valence electrons. The van der Waals surface area contributed by atoms with Gasteiger partial charge in [0.1, 0.15) is 0 Å². The fraction of sp³-hybridized carbons (Fsp3) is 0.600. The molecule has 2 rings (SSSR count). The van der Waals surface area contributed by atoms with Gasteiger partial charge in [0.15, 0.2) is 0 Å².